The molecule has 1 N–H and O–H groups in total. The van der Waals surface area contributed by atoms with E-state index in [1.807, 2.05) is 7.05 Å². The van der Waals surface area contributed by atoms with Gasteiger partial charge in [0.25, 0.3) is 0 Å². The van der Waals surface area contributed by atoms with Gasteiger partial charge in [0.1, 0.15) is 5.75 Å². The first kappa shape index (κ1) is 9.53. The SMILES string of the molecule is CNCC1CCOc2cc(C)ccc21. The average molecular weight is 191 g/mol. The molecule has 0 saturated heterocycles. The van der Waals surface area contributed by atoms with E-state index in [0.717, 1.165) is 25.3 Å². The summed E-state index contributed by atoms with van der Waals surface area (Å²) in [5.74, 6) is 1.70. The fourth-order valence-corrected chi connectivity index (χ4v) is 2.03. The van der Waals surface area contributed by atoms with E-state index in [1.165, 1.54) is 11.1 Å². The predicted molar refractivity (Wildman–Crippen MR) is 58.0 cm³/mol. The molecule has 1 aromatic carbocycles. The molecule has 1 aliphatic rings. The summed E-state index contributed by atoms with van der Waals surface area (Å²) in [6, 6.07) is 6.50. The number of fused-ring (bicyclic) bond motifs is 1. The van der Waals surface area contributed by atoms with Crippen LogP contribution in [0.5, 0.6) is 5.75 Å². The number of hydrogen-bond donors (Lipinski definition) is 1. The molecule has 1 atom stereocenters. The second-order valence-electron chi connectivity index (χ2n) is 3.93. The first-order valence-corrected chi connectivity index (χ1v) is 5.19. The molecule has 0 aromatic heterocycles. The van der Waals surface area contributed by atoms with Crippen LogP contribution in [0.4, 0.5) is 0 Å². The van der Waals surface area contributed by atoms with E-state index in [-0.39, 0.29) is 0 Å². The summed E-state index contributed by atoms with van der Waals surface area (Å²) in [6.45, 7) is 3.99. The Kier molecular flexibility index (Phi) is 2.73. The first-order valence-electron chi connectivity index (χ1n) is 5.19. The molecule has 0 radical (unpaired) electrons. The molecule has 0 amide bonds. The standard InChI is InChI=1S/C12H17NO/c1-9-3-4-11-10(8-13-2)5-6-14-12(11)7-9/h3-4,7,10,13H,5-6,8H2,1-2H3. The van der Waals surface area contributed by atoms with Gasteiger partial charge in [-0.15, -0.1) is 0 Å². The van der Waals surface area contributed by atoms with Crippen LogP contribution in [0.15, 0.2) is 18.2 Å². The molecule has 0 aliphatic carbocycles. The molecular formula is C12H17NO. The van der Waals surface area contributed by atoms with Crippen molar-refractivity contribution in [3.63, 3.8) is 0 Å². The normalized spacial score (nSPS) is 20.0. The number of ether oxygens (including phenoxy) is 1. The lowest BCUT2D eigenvalue weighted by atomic mass is 9.92. The Hall–Kier alpha value is -1.02. The Labute approximate surface area is 85.3 Å². The molecule has 76 valence electrons. The minimum absolute atomic E-state index is 0.615. The molecule has 2 nitrogen and oxygen atoms in total. The average Bonchev–Trinajstić information content (AvgIpc) is 2.18. The zero-order valence-electron chi connectivity index (χ0n) is 8.84. The van der Waals surface area contributed by atoms with E-state index in [1.54, 1.807) is 0 Å². The van der Waals surface area contributed by atoms with Crippen LogP contribution in [0.25, 0.3) is 0 Å². The smallest absolute Gasteiger partial charge is 0.123 e. The highest BCUT2D eigenvalue weighted by Crippen LogP contribution is 2.33. The third kappa shape index (κ3) is 1.75. The fraction of sp³-hybridized carbons (Fsp3) is 0.500. The molecule has 0 spiro atoms. The van der Waals surface area contributed by atoms with Crippen molar-refractivity contribution in [2.45, 2.75) is 19.3 Å². The third-order valence-electron chi connectivity index (χ3n) is 2.78. The van der Waals surface area contributed by atoms with Gasteiger partial charge in [-0.1, -0.05) is 12.1 Å². The summed E-state index contributed by atoms with van der Waals surface area (Å²) in [4.78, 5) is 0. The molecule has 14 heavy (non-hydrogen) atoms. The summed E-state index contributed by atoms with van der Waals surface area (Å²) in [7, 11) is 2.00. The minimum atomic E-state index is 0.615. The van der Waals surface area contributed by atoms with Gasteiger partial charge in [-0.2, -0.15) is 0 Å². The van der Waals surface area contributed by atoms with Crippen LogP contribution in [0.2, 0.25) is 0 Å². The van der Waals surface area contributed by atoms with Crippen LogP contribution in [-0.2, 0) is 0 Å². The summed E-state index contributed by atoms with van der Waals surface area (Å²) < 4.78 is 5.65. The van der Waals surface area contributed by atoms with E-state index >= 15 is 0 Å². The maximum absolute atomic E-state index is 5.65. The number of aryl methyl sites for hydroxylation is 1. The monoisotopic (exact) mass is 191 g/mol. The van der Waals surface area contributed by atoms with Crippen molar-refractivity contribution in [2.75, 3.05) is 20.2 Å². The zero-order valence-corrected chi connectivity index (χ0v) is 8.84. The largest absolute Gasteiger partial charge is 0.493 e. The van der Waals surface area contributed by atoms with Gasteiger partial charge in [-0.25, -0.2) is 0 Å². The molecule has 2 rings (SSSR count). The summed E-state index contributed by atoms with van der Waals surface area (Å²) in [5, 5.41) is 3.24. The Bertz CT molecular complexity index is 322. The van der Waals surface area contributed by atoms with Crippen molar-refractivity contribution in [2.24, 2.45) is 0 Å². The van der Waals surface area contributed by atoms with Crippen LogP contribution < -0.4 is 10.1 Å². The highest BCUT2D eigenvalue weighted by atomic mass is 16.5. The van der Waals surface area contributed by atoms with Crippen molar-refractivity contribution in [1.29, 1.82) is 0 Å². The Balaban J connectivity index is 2.30. The van der Waals surface area contributed by atoms with E-state index in [2.05, 4.69) is 30.4 Å². The number of hydrogen-bond acceptors (Lipinski definition) is 2. The van der Waals surface area contributed by atoms with Gasteiger partial charge < -0.3 is 10.1 Å². The lowest BCUT2D eigenvalue weighted by molar-refractivity contribution is 0.265. The highest BCUT2D eigenvalue weighted by molar-refractivity contribution is 5.41. The van der Waals surface area contributed by atoms with Crippen molar-refractivity contribution in [3.8, 4) is 5.75 Å². The molecule has 1 heterocycles. The molecule has 0 fully saturated rings. The number of nitrogens with one attached hydrogen (secondary N) is 1. The molecule has 1 unspecified atom stereocenters. The van der Waals surface area contributed by atoms with Gasteiger partial charge in [-0.05, 0) is 37.6 Å². The third-order valence-corrected chi connectivity index (χ3v) is 2.78. The fourth-order valence-electron chi connectivity index (χ4n) is 2.03. The van der Waals surface area contributed by atoms with E-state index < -0.39 is 0 Å². The van der Waals surface area contributed by atoms with Crippen LogP contribution >= 0.6 is 0 Å². The van der Waals surface area contributed by atoms with Crippen LogP contribution in [0.3, 0.4) is 0 Å². The first-order chi connectivity index (χ1) is 6.81. The lowest BCUT2D eigenvalue weighted by Crippen LogP contribution is -2.23. The maximum Gasteiger partial charge on any atom is 0.123 e. The number of benzene rings is 1. The van der Waals surface area contributed by atoms with Gasteiger partial charge in [-0.3, -0.25) is 0 Å². The summed E-state index contributed by atoms with van der Waals surface area (Å²) >= 11 is 0. The minimum Gasteiger partial charge on any atom is -0.493 e. The number of rotatable bonds is 2. The second-order valence-corrected chi connectivity index (χ2v) is 3.93. The van der Waals surface area contributed by atoms with Crippen molar-refractivity contribution >= 4 is 0 Å². The quantitative estimate of drug-likeness (QED) is 0.772. The molecule has 2 heteroatoms. The summed E-state index contributed by atoms with van der Waals surface area (Å²) in [5.41, 5.74) is 2.63. The maximum atomic E-state index is 5.65. The summed E-state index contributed by atoms with van der Waals surface area (Å²) in [6.07, 6.45) is 1.12. The van der Waals surface area contributed by atoms with Gasteiger partial charge in [0.2, 0.25) is 0 Å². The molecule has 1 aromatic rings. The highest BCUT2D eigenvalue weighted by Gasteiger charge is 2.20. The molecule has 1 aliphatic heterocycles. The molecule has 0 bridgehead atoms. The Morgan fingerprint density at radius 1 is 1.50 bits per heavy atom. The van der Waals surface area contributed by atoms with E-state index in [9.17, 15) is 0 Å². The Morgan fingerprint density at radius 3 is 3.14 bits per heavy atom. The predicted octanol–water partition coefficient (Wildman–Crippen LogP) is 2.08. The topological polar surface area (TPSA) is 21.3 Å². The van der Waals surface area contributed by atoms with Crippen molar-refractivity contribution in [1.82, 2.24) is 5.32 Å². The van der Waals surface area contributed by atoms with E-state index in [4.69, 9.17) is 4.74 Å². The van der Waals surface area contributed by atoms with Crippen LogP contribution in [0.1, 0.15) is 23.5 Å². The second kappa shape index (κ2) is 4.01. The van der Waals surface area contributed by atoms with Gasteiger partial charge in [0, 0.05) is 12.5 Å². The molecule has 0 saturated carbocycles. The van der Waals surface area contributed by atoms with Gasteiger partial charge in [0.05, 0.1) is 6.61 Å². The zero-order chi connectivity index (χ0) is 9.97. The van der Waals surface area contributed by atoms with Crippen molar-refractivity contribution < 1.29 is 4.74 Å². The van der Waals surface area contributed by atoms with E-state index in [0.29, 0.717) is 5.92 Å². The van der Waals surface area contributed by atoms with Gasteiger partial charge >= 0.3 is 0 Å². The molecular weight excluding hydrogens is 174 g/mol. The van der Waals surface area contributed by atoms with Crippen LogP contribution in [-0.4, -0.2) is 20.2 Å². The lowest BCUT2D eigenvalue weighted by Gasteiger charge is -2.26. The van der Waals surface area contributed by atoms with Gasteiger partial charge in [0.15, 0.2) is 0 Å². The van der Waals surface area contributed by atoms with Crippen LogP contribution in [0, 0.1) is 6.92 Å². The Morgan fingerprint density at radius 2 is 2.36 bits per heavy atom. The number of likely N-dealkylation sites (N-methyl/N-ethyl adjacent to an activating group) is 1. The van der Waals surface area contributed by atoms with Crippen molar-refractivity contribution in [3.05, 3.63) is 29.3 Å².